The van der Waals surface area contributed by atoms with Crippen LogP contribution in [0, 0.1) is 6.92 Å². The molecule has 84 valence electrons. The Morgan fingerprint density at radius 2 is 2.53 bits per heavy atom. The van der Waals surface area contributed by atoms with Crippen molar-refractivity contribution in [2.75, 3.05) is 13.7 Å². The van der Waals surface area contributed by atoms with Crippen molar-refractivity contribution in [1.29, 1.82) is 0 Å². The number of hydrogen-bond acceptors (Lipinski definition) is 5. The molecule has 0 aliphatic carbocycles. The molecule has 1 aromatic rings. The first-order valence-corrected chi connectivity index (χ1v) is 5.47. The first-order valence-electron chi connectivity index (χ1n) is 4.59. The summed E-state index contributed by atoms with van der Waals surface area (Å²) in [7, 11) is 1.46. The van der Waals surface area contributed by atoms with E-state index in [9.17, 15) is 4.79 Å². The molecule has 0 aromatic carbocycles. The highest BCUT2D eigenvalue weighted by Crippen LogP contribution is 2.07. The third-order valence-corrected chi connectivity index (χ3v) is 2.84. The van der Waals surface area contributed by atoms with E-state index in [1.165, 1.54) is 18.4 Å². The number of amides is 1. The van der Waals surface area contributed by atoms with Gasteiger partial charge >= 0.3 is 0 Å². The highest BCUT2D eigenvalue weighted by atomic mass is 32.1. The maximum absolute atomic E-state index is 11.4. The zero-order chi connectivity index (χ0) is 11.3. The van der Waals surface area contributed by atoms with E-state index in [1.54, 1.807) is 0 Å². The van der Waals surface area contributed by atoms with Gasteiger partial charge in [0.05, 0.1) is 6.54 Å². The van der Waals surface area contributed by atoms with E-state index >= 15 is 0 Å². The van der Waals surface area contributed by atoms with Crippen molar-refractivity contribution >= 4 is 17.2 Å². The van der Waals surface area contributed by atoms with Gasteiger partial charge in [-0.05, 0) is 6.92 Å². The van der Waals surface area contributed by atoms with Gasteiger partial charge in [-0.2, -0.15) is 0 Å². The van der Waals surface area contributed by atoms with E-state index in [0.29, 0.717) is 6.54 Å². The molecule has 0 bridgehead atoms. The van der Waals surface area contributed by atoms with Crippen LogP contribution in [0.25, 0.3) is 0 Å². The fourth-order valence-corrected chi connectivity index (χ4v) is 1.78. The molecule has 5 nitrogen and oxygen atoms in total. The molecule has 0 saturated heterocycles. The average molecular weight is 229 g/mol. The molecule has 0 radical (unpaired) electrons. The zero-order valence-electron chi connectivity index (χ0n) is 8.82. The maximum Gasteiger partial charge on any atom is 0.250 e. The minimum Gasteiger partial charge on any atom is -0.370 e. The van der Waals surface area contributed by atoms with Crippen molar-refractivity contribution in [3.05, 3.63) is 16.1 Å². The Morgan fingerprint density at radius 3 is 3.00 bits per heavy atom. The van der Waals surface area contributed by atoms with Crippen LogP contribution in [0.1, 0.15) is 10.7 Å². The number of nitrogens with one attached hydrogen (secondary N) is 1. The Morgan fingerprint density at radius 1 is 1.80 bits per heavy atom. The van der Waals surface area contributed by atoms with Gasteiger partial charge in [0.15, 0.2) is 0 Å². The van der Waals surface area contributed by atoms with Gasteiger partial charge in [-0.15, -0.1) is 11.3 Å². The number of aromatic nitrogens is 1. The summed E-state index contributed by atoms with van der Waals surface area (Å²) in [6, 6.07) is 0. The number of carbonyl (C=O) groups excluding carboxylic acids is 1. The second-order valence-corrected chi connectivity index (χ2v) is 4.00. The van der Waals surface area contributed by atoms with Crippen molar-refractivity contribution in [3.63, 3.8) is 0 Å². The Kier molecular flexibility index (Phi) is 4.67. The highest BCUT2D eigenvalue weighted by Gasteiger charge is 2.15. The summed E-state index contributed by atoms with van der Waals surface area (Å²) in [5.41, 5.74) is 6.32. The molecule has 1 atom stereocenters. The number of hydrogen-bond donors (Lipinski definition) is 2. The summed E-state index contributed by atoms with van der Waals surface area (Å²) in [4.78, 5) is 15.7. The Balaban J connectivity index is 2.40. The summed E-state index contributed by atoms with van der Waals surface area (Å²) >= 11 is 1.52. The predicted octanol–water partition coefficient (Wildman–Crippen LogP) is 0.0414. The summed E-state index contributed by atoms with van der Waals surface area (Å²) < 4.78 is 4.90. The molecule has 6 heteroatoms. The minimum atomic E-state index is -0.578. The van der Waals surface area contributed by atoms with Crippen molar-refractivity contribution < 1.29 is 9.53 Å². The van der Waals surface area contributed by atoms with Gasteiger partial charge in [-0.3, -0.25) is 4.79 Å². The van der Waals surface area contributed by atoms with Crippen LogP contribution in [-0.2, 0) is 16.1 Å². The predicted molar refractivity (Wildman–Crippen MR) is 58.5 cm³/mol. The molecule has 0 aliphatic heterocycles. The summed E-state index contributed by atoms with van der Waals surface area (Å²) in [5.74, 6) is -0.201. The monoisotopic (exact) mass is 229 g/mol. The smallest absolute Gasteiger partial charge is 0.250 e. The largest absolute Gasteiger partial charge is 0.370 e. The molecule has 1 aromatic heterocycles. The topological polar surface area (TPSA) is 77.2 Å². The fourth-order valence-electron chi connectivity index (χ4n) is 1.07. The molecule has 0 aliphatic rings. The number of methoxy groups -OCH3 is 1. The van der Waals surface area contributed by atoms with Gasteiger partial charge in [0.2, 0.25) is 0 Å². The van der Waals surface area contributed by atoms with Crippen LogP contribution in [-0.4, -0.2) is 30.6 Å². The van der Waals surface area contributed by atoms with Crippen molar-refractivity contribution in [1.82, 2.24) is 10.3 Å². The normalized spacial score (nSPS) is 12.5. The molecule has 3 N–H and O–H groups in total. The molecule has 0 saturated carbocycles. The van der Waals surface area contributed by atoms with Crippen molar-refractivity contribution in [3.8, 4) is 0 Å². The molecule has 15 heavy (non-hydrogen) atoms. The third-order valence-electron chi connectivity index (χ3n) is 1.87. The summed E-state index contributed by atoms with van der Waals surface area (Å²) in [6.45, 7) is 2.52. The SMILES string of the molecule is COC(CN)C(=O)NCc1nc(C)cs1. The molecule has 1 rings (SSSR count). The lowest BCUT2D eigenvalue weighted by Gasteiger charge is -2.11. The third kappa shape index (κ3) is 3.58. The molecule has 1 unspecified atom stereocenters. The average Bonchev–Trinajstić information content (AvgIpc) is 2.63. The van der Waals surface area contributed by atoms with Crippen LogP contribution in [0.2, 0.25) is 0 Å². The molecule has 0 fully saturated rings. The van der Waals surface area contributed by atoms with E-state index in [-0.39, 0.29) is 12.5 Å². The minimum absolute atomic E-state index is 0.180. The van der Waals surface area contributed by atoms with Crippen molar-refractivity contribution in [2.24, 2.45) is 5.73 Å². The number of rotatable bonds is 5. The van der Waals surface area contributed by atoms with Crippen molar-refractivity contribution in [2.45, 2.75) is 19.6 Å². The van der Waals surface area contributed by atoms with Crippen LogP contribution < -0.4 is 11.1 Å². The Bertz CT molecular complexity index is 323. The van der Waals surface area contributed by atoms with E-state index in [1.807, 2.05) is 12.3 Å². The first kappa shape index (κ1) is 12.1. The number of ether oxygens (including phenoxy) is 1. The number of nitrogens with two attached hydrogens (primary N) is 1. The lowest BCUT2D eigenvalue weighted by atomic mass is 10.3. The Labute approximate surface area is 92.6 Å². The van der Waals surface area contributed by atoms with Gasteiger partial charge in [0.1, 0.15) is 11.1 Å². The Hall–Kier alpha value is -0.980. The first-order chi connectivity index (χ1) is 7.17. The molecular weight excluding hydrogens is 214 g/mol. The van der Waals surface area contributed by atoms with Gasteiger partial charge in [0, 0.05) is 24.7 Å². The van der Waals surface area contributed by atoms with E-state index in [4.69, 9.17) is 10.5 Å². The van der Waals surface area contributed by atoms with Crippen LogP contribution in [0.4, 0.5) is 0 Å². The van der Waals surface area contributed by atoms with Crippen LogP contribution in [0.3, 0.4) is 0 Å². The van der Waals surface area contributed by atoms with E-state index in [0.717, 1.165) is 10.7 Å². The highest BCUT2D eigenvalue weighted by molar-refractivity contribution is 7.09. The zero-order valence-corrected chi connectivity index (χ0v) is 9.63. The summed E-state index contributed by atoms with van der Waals surface area (Å²) in [5, 5.41) is 5.54. The molecule has 1 amide bonds. The summed E-state index contributed by atoms with van der Waals surface area (Å²) in [6.07, 6.45) is -0.578. The number of thiazole rings is 1. The van der Waals surface area contributed by atoms with E-state index in [2.05, 4.69) is 10.3 Å². The quantitative estimate of drug-likeness (QED) is 0.747. The lowest BCUT2D eigenvalue weighted by Crippen LogP contribution is -2.40. The van der Waals surface area contributed by atoms with E-state index < -0.39 is 6.10 Å². The molecule has 0 spiro atoms. The number of carbonyl (C=O) groups is 1. The standard InChI is InChI=1S/C9H15N3O2S/c1-6-5-15-8(12-6)4-11-9(13)7(3-10)14-2/h5,7H,3-4,10H2,1-2H3,(H,11,13). The lowest BCUT2D eigenvalue weighted by molar-refractivity contribution is -0.130. The van der Waals surface area contributed by atoms with Crippen LogP contribution >= 0.6 is 11.3 Å². The number of aryl methyl sites for hydroxylation is 1. The van der Waals surface area contributed by atoms with Crippen LogP contribution in [0.5, 0.6) is 0 Å². The van der Waals surface area contributed by atoms with Gasteiger partial charge in [-0.1, -0.05) is 0 Å². The number of nitrogens with zero attached hydrogens (tertiary/aromatic N) is 1. The van der Waals surface area contributed by atoms with Gasteiger partial charge in [-0.25, -0.2) is 4.98 Å². The van der Waals surface area contributed by atoms with Crippen LogP contribution in [0.15, 0.2) is 5.38 Å². The maximum atomic E-state index is 11.4. The second-order valence-electron chi connectivity index (χ2n) is 3.06. The molecular formula is C9H15N3O2S. The van der Waals surface area contributed by atoms with Gasteiger partial charge < -0.3 is 15.8 Å². The second kappa shape index (κ2) is 5.79. The fraction of sp³-hybridized carbons (Fsp3) is 0.556. The van der Waals surface area contributed by atoms with Gasteiger partial charge in [0.25, 0.3) is 5.91 Å². The molecule has 1 heterocycles.